The molecule has 2 N–H and O–H groups in total. The predicted molar refractivity (Wildman–Crippen MR) is 129 cm³/mol. The monoisotopic (exact) mass is 476 g/mol. The van der Waals surface area contributed by atoms with E-state index in [-0.39, 0.29) is 17.3 Å². The van der Waals surface area contributed by atoms with Crippen molar-refractivity contribution < 1.29 is 17.6 Å². The maximum absolute atomic E-state index is 12.5. The van der Waals surface area contributed by atoms with Gasteiger partial charge >= 0.3 is 0 Å². The summed E-state index contributed by atoms with van der Waals surface area (Å²) < 4.78 is 34.2. The number of anilines is 1. The molecule has 0 fully saturated rings. The molecule has 0 aliphatic rings. The Balaban J connectivity index is 1.37. The fraction of sp³-hybridized carbons (Fsp3) is 0.120. The second kappa shape index (κ2) is 10.3. The summed E-state index contributed by atoms with van der Waals surface area (Å²) in [6, 6.07) is 21.3. The molecule has 0 unspecified atom stereocenters. The van der Waals surface area contributed by atoms with E-state index in [0.29, 0.717) is 23.7 Å². The van der Waals surface area contributed by atoms with Crippen molar-refractivity contribution >= 4 is 27.8 Å². The van der Waals surface area contributed by atoms with Gasteiger partial charge < -0.3 is 9.73 Å². The van der Waals surface area contributed by atoms with Crippen LogP contribution in [0.4, 0.5) is 5.82 Å². The summed E-state index contributed by atoms with van der Waals surface area (Å²) in [6.45, 7) is 2.47. The van der Waals surface area contributed by atoms with Crippen molar-refractivity contribution in [2.24, 2.45) is 0 Å². The molecule has 174 valence electrons. The van der Waals surface area contributed by atoms with Crippen molar-refractivity contribution in [1.29, 1.82) is 0 Å². The van der Waals surface area contributed by atoms with Crippen LogP contribution in [0.1, 0.15) is 22.6 Å². The molecule has 9 heteroatoms. The molecular formula is C25H24N4O4S. The number of furan rings is 1. The molecule has 0 radical (unpaired) electrons. The first-order valence-electron chi connectivity index (χ1n) is 10.6. The summed E-state index contributed by atoms with van der Waals surface area (Å²) in [4.78, 5) is 12.6. The standard InChI is InChI=1S/C25H24N4O4S/c1-19-16-24(29(28-19)18-21-6-3-2-4-7-21)27-25(30)14-11-20-9-12-23(13-10-20)34(31,32)26-17-22-8-5-15-33-22/h2-16,26H,17-18H2,1H3,(H,27,30)/b14-11+. The molecule has 2 aromatic carbocycles. The third kappa shape index (κ3) is 6.09. The van der Waals surface area contributed by atoms with E-state index in [1.165, 1.54) is 24.5 Å². The maximum Gasteiger partial charge on any atom is 0.249 e. The number of nitrogens with zero attached hydrogens (tertiary/aromatic N) is 2. The van der Waals surface area contributed by atoms with Gasteiger partial charge in [0, 0.05) is 12.1 Å². The third-order valence-corrected chi connectivity index (χ3v) is 6.38. The average Bonchev–Trinajstić information content (AvgIpc) is 3.47. The summed E-state index contributed by atoms with van der Waals surface area (Å²) in [6.07, 6.45) is 4.50. The minimum atomic E-state index is -3.68. The third-order valence-electron chi connectivity index (χ3n) is 4.96. The lowest BCUT2D eigenvalue weighted by Crippen LogP contribution is -2.22. The number of sulfonamides is 1. The van der Waals surface area contributed by atoms with Crippen LogP contribution in [0.3, 0.4) is 0 Å². The number of carbonyl (C=O) groups excluding carboxylic acids is 1. The molecule has 8 nitrogen and oxygen atoms in total. The van der Waals surface area contributed by atoms with Gasteiger partial charge in [-0.1, -0.05) is 42.5 Å². The van der Waals surface area contributed by atoms with E-state index in [4.69, 9.17) is 4.42 Å². The maximum atomic E-state index is 12.5. The average molecular weight is 477 g/mol. The summed E-state index contributed by atoms with van der Waals surface area (Å²) in [7, 11) is -3.68. The van der Waals surface area contributed by atoms with Crippen molar-refractivity contribution in [3.05, 3.63) is 108 Å². The van der Waals surface area contributed by atoms with Crippen LogP contribution in [0.25, 0.3) is 6.08 Å². The SMILES string of the molecule is Cc1cc(NC(=O)/C=C/c2ccc(S(=O)(=O)NCc3ccco3)cc2)n(Cc2ccccc2)n1. The van der Waals surface area contributed by atoms with E-state index >= 15 is 0 Å². The topological polar surface area (TPSA) is 106 Å². The smallest absolute Gasteiger partial charge is 0.249 e. The van der Waals surface area contributed by atoms with Gasteiger partial charge in [0.15, 0.2) is 0 Å². The zero-order chi connectivity index (χ0) is 24.0. The predicted octanol–water partition coefficient (Wildman–Crippen LogP) is 3.96. The summed E-state index contributed by atoms with van der Waals surface area (Å²) in [5, 5.41) is 7.30. The van der Waals surface area contributed by atoms with Crippen molar-refractivity contribution in [2.75, 3.05) is 5.32 Å². The number of hydrogen-bond acceptors (Lipinski definition) is 5. The quantitative estimate of drug-likeness (QED) is 0.356. The lowest BCUT2D eigenvalue weighted by atomic mass is 10.2. The minimum Gasteiger partial charge on any atom is -0.468 e. The van der Waals surface area contributed by atoms with Crippen LogP contribution in [0.2, 0.25) is 0 Å². The Morgan fingerprint density at radius 1 is 1.06 bits per heavy atom. The lowest BCUT2D eigenvalue weighted by Gasteiger charge is -2.08. The fourth-order valence-corrected chi connectivity index (χ4v) is 4.28. The first kappa shape index (κ1) is 23.2. The van der Waals surface area contributed by atoms with Crippen LogP contribution in [0.5, 0.6) is 0 Å². The van der Waals surface area contributed by atoms with E-state index in [9.17, 15) is 13.2 Å². The van der Waals surface area contributed by atoms with Gasteiger partial charge in [0.25, 0.3) is 0 Å². The van der Waals surface area contributed by atoms with E-state index in [2.05, 4.69) is 15.1 Å². The zero-order valence-electron chi connectivity index (χ0n) is 18.5. The van der Waals surface area contributed by atoms with Gasteiger partial charge in [-0.25, -0.2) is 17.8 Å². The number of rotatable bonds is 9. The molecule has 0 saturated heterocycles. The summed E-state index contributed by atoms with van der Waals surface area (Å²) in [5.41, 5.74) is 2.56. The highest BCUT2D eigenvalue weighted by atomic mass is 32.2. The molecule has 4 aromatic rings. The Morgan fingerprint density at radius 2 is 1.82 bits per heavy atom. The highest BCUT2D eigenvalue weighted by molar-refractivity contribution is 7.89. The Morgan fingerprint density at radius 3 is 2.53 bits per heavy atom. The highest BCUT2D eigenvalue weighted by Crippen LogP contribution is 2.15. The van der Waals surface area contributed by atoms with Gasteiger partial charge in [-0.15, -0.1) is 0 Å². The van der Waals surface area contributed by atoms with Crippen LogP contribution in [0.15, 0.2) is 94.4 Å². The van der Waals surface area contributed by atoms with Crippen molar-refractivity contribution in [2.45, 2.75) is 24.9 Å². The normalized spacial score (nSPS) is 11.7. The number of nitrogens with one attached hydrogen (secondary N) is 2. The zero-order valence-corrected chi connectivity index (χ0v) is 19.3. The van der Waals surface area contributed by atoms with Gasteiger partial charge in [-0.3, -0.25) is 4.79 Å². The number of aryl methyl sites for hydroxylation is 1. The first-order chi connectivity index (χ1) is 16.4. The molecular weight excluding hydrogens is 452 g/mol. The number of benzene rings is 2. The van der Waals surface area contributed by atoms with E-state index < -0.39 is 10.0 Å². The van der Waals surface area contributed by atoms with Crippen molar-refractivity contribution in [3.63, 3.8) is 0 Å². The van der Waals surface area contributed by atoms with Crippen LogP contribution < -0.4 is 10.0 Å². The van der Waals surface area contributed by atoms with Crippen LogP contribution >= 0.6 is 0 Å². The molecule has 0 aliphatic carbocycles. The van der Waals surface area contributed by atoms with Crippen LogP contribution in [-0.4, -0.2) is 24.1 Å². The molecule has 2 heterocycles. The van der Waals surface area contributed by atoms with Gasteiger partial charge in [-0.2, -0.15) is 5.10 Å². The first-order valence-corrected chi connectivity index (χ1v) is 12.1. The fourth-order valence-electron chi connectivity index (χ4n) is 3.28. The minimum absolute atomic E-state index is 0.0670. The van der Waals surface area contributed by atoms with Crippen LogP contribution in [0, 0.1) is 6.92 Å². The molecule has 0 saturated carbocycles. The van der Waals surface area contributed by atoms with Crippen LogP contribution in [-0.2, 0) is 27.9 Å². The molecule has 0 bridgehead atoms. The Kier molecular flexibility index (Phi) is 7.05. The second-order valence-electron chi connectivity index (χ2n) is 7.61. The van der Waals surface area contributed by atoms with Crippen molar-refractivity contribution in [1.82, 2.24) is 14.5 Å². The second-order valence-corrected chi connectivity index (χ2v) is 9.38. The van der Waals surface area contributed by atoms with Gasteiger partial charge in [0.05, 0.1) is 29.9 Å². The van der Waals surface area contributed by atoms with Gasteiger partial charge in [0.1, 0.15) is 11.6 Å². The Hall–Kier alpha value is -3.95. The van der Waals surface area contributed by atoms with E-state index in [0.717, 1.165) is 11.3 Å². The Bertz CT molecular complexity index is 1370. The molecule has 4 rings (SSSR count). The number of hydrogen-bond donors (Lipinski definition) is 2. The van der Waals surface area contributed by atoms with Crippen molar-refractivity contribution in [3.8, 4) is 0 Å². The van der Waals surface area contributed by atoms with Gasteiger partial charge in [-0.05, 0) is 48.4 Å². The summed E-state index contributed by atoms with van der Waals surface area (Å²) in [5.74, 6) is 0.806. The highest BCUT2D eigenvalue weighted by Gasteiger charge is 2.14. The molecule has 2 aromatic heterocycles. The molecule has 0 spiro atoms. The van der Waals surface area contributed by atoms with Gasteiger partial charge in [0.2, 0.25) is 15.9 Å². The molecule has 0 aliphatic heterocycles. The van der Waals surface area contributed by atoms with E-state index in [1.54, 1.807) is 35.0 Å². The summed E-state index contributed by atoms with van der Waals surface area (Å²) >= 11 is 0. The Labute approximate surface area is 198 Å². The number of amides is 1. The van der Waals surface area contributed by atoms with E-state index in [1.807, 2.05) is 43.3 Å². The molecule has 0 atom stereocenters. The number of aromatic nitrogens is 2. The largest absolute Gasteiger partial charge is 0.468 e. The molecule has 34 heavy (non-hydrogen) atoms. The molecule has 1 amide bonds. The number of carbonyl (C=O) groups is 1. The lowest BCUT2D eigenvalue weighted by molar-refractivity contribution is -0.111.